The molecule has 1 atom stereocenters. The molecule has 0 saturated heterocycles. The largest absolute Gasteiger partial charge is 0.296 e. The molecule has 1 aromatic rings. The van der Waals surface area contributed by atoms with Gasteiger partial charge in [-0.3, -0.25) is 9.69 Å². The van der Waals surface area contributed by atoms with Crippen molar-refractivity contribution in [3.8, 4) is 0 Å². The first-order valence-electron chi connectivity index (χ1n) is 6.61. The standard InChI is InChI=1S/C15H19NO.ClH/c1-16(11-6-2-3-7-11)14-10-15(17)13-9-5-4-8-12(13)14;/h4-5,8-9,11,14H,2-3,6-7,10H2,1H3;1H. The van der Waals surface area contributed by atoms with Crippen molar-refractivity contribution in [2.24, 2.45) is 0 Å². The van der Waals surface area contributed by atoms with Crippen LogP contribution in [-0.4, -0.2) is 23.8 Å². The lowest BCUT2D eigenvalue weighted by Gasteiger charge is -2.30. The van der Waals surface area contributed by atoms with Crippen LogP contribution in [0.4, 0.5) is 0 Å². The number of halogens is 1. The Kier molecular flexibility index (Phi) is 4.08. The molecule has 1 saturated carbocycles. The third-order valence-electron chi connectivity index (χ3n) is 4.39. The summed E-state index contributed by atoms with van der Waals surface area (Å²) in [7, 11) is 2.19. The van der Waals surface area contributed by atoms with Crippen LogP contribution >= 0.6 is 12.4 Å². The zero-order valence-electron chi connectivity index (χ0n) is 10.8. The molecule has 1 unspecified atom stereocenters. The second-order valence-electron chi connectivity index (χ2n) is 5.33. The van der Waals surface area contributed by atoms with Gasteiger partial charge >= 0.3 is 0 Å². The number of nitrogens with zero attached hydrogens (tertiary/aromatic N) is 1. The zero-order valence-corrected chi connectivity index (χ0v) is 11.6. The fourth-order valence-corrected chi connectivity index (χ4v) is 3.37. The number of rotatable bonds is 2. The van der Waals surface area contributed by atoms with Gasteiger partial charge in [0.25, 0.3) is 0 Å². The number of ketones is 1. The molecule has 18 heavy (non-hydrogen) atoms. The smallest absolute Gasteiger partial charge is 0.165 e. The van der Waals surface area contributed by atoms with Gasteiger partial charge in [-0.1, -0.05) is 37.1 Å². The van der Waals surface area contributed by atoms with Crippen molar-refractivity contribution in [3.63, 3.8) is 0 Å². The van der Waals surface area contributed by atoms with E-state index in [1.807, 2.05) is 18.2 Å². The van der Waals surface area contributed by atoms with Crippen LogP contribution in [0.3, 0.4) is 0 Å². The molecule has 0 aliphatic heterocycles. The Bertz CT molecular complexity index is 440. The van der Waals surface area contributed by atoms with Gasteiger partial charge in [0.05, 0.1) is 0 Å². The number of fused-ring (bicyclic) bond motifs is 1. The van der Waals surface area contributed by atoms with E-state index in [1.165, 1.54) is 31.2 Å². The van der Waals surface area contributed by atoms with Crippen molar-refractivity contribution in [3.05, 3.63) is 35.4 Å². The van der Waals surface area contributed by atoms with E-state index < -0.39 is 0 Å². The predicted octanol–water partition coefficient (Wildman–Crippen LogP) is 3.61. The molecule has 0 aromatic heterocycles. The van der Waals surface area contributed by atoms with Gasteiger partial charge in [-0.15, -0.1) is 12.4 Å². The maximum Gasteiger partial charge on any atom is 0.165 e. The summed E-state index contributed by atoms with van der Waals surface area (Å²) in [6.07, 6.45) is 5.95. The van der Waals surface area contributed by atoms with Gasteiger partial charge in [-0.2, -0.15) is 0 Å². The van der Waals surface area contributed by atoms with Gasteiger partial charge in [0.2, 0.25) is 0 Å². The summed E-state index contributed by atoms with van der Waals surface area (Å²) in [6, 6.07) is 9.11. The van der Waals surface area contributed by atoms with Gasteiger partial charge in [-0.05, 0) is 25.5 Å². The maximum atomic E-state index is 12.0. The minimum atomic E-state index is 0. The first-order valence-corrected chi connectivity index (χ1v) is 6.61. The van der Waals surface area contributed by atoms with Gasteiger partial charge in [0, 0.05) is 24.1 Å². The lowest BCUT2D eigenvalue weighted by atomic mass is 10.1. The Balaban J connectivity index is 0.00000120. The normalized spacial score (nSPS) is 23.2. The highest BCUT2D eigenvalue weighted by Crippen LogP contribution is 2.38. The molecule has 3 rings (SSSR count). The Morgan fingerprint density at radius 1 is 1.17 bits per heavy atom. The highest BCUT2D eigenvalue weighted by molar-refractivity contribution is 6.01. The quantitative estimate of drug-likeness (QED) is 0.814. The van der Waals surface area contributed by atoms with E-state index in [2.05, 4.69) is 18.0 Å². The number of benzene rings is 1. The summed E-state index contributed by atoms with van der Waals surface area (Å²) >= 11 is 0. The summed E-state index contributed by atoms with van der Waals surface area (Å²) in [6.45, 7) is 0. The van der Waals surface area contributed by atoms with E-state index in [-0.39, 0.29) is 12.4 Å². The van der Waals surface area contributed by atoms with Crippen molar-refractivity contribution in [2.75, 3.05) is 7.05 Å². The number of carbonyl (C=O) groups is 1. The summed E-state index contributed by atoms with van der Waals surface area (Å²) < 4.78 is 0. The highest BCUT2D eigenvalue weighted by Gasteiger charge is 2.34. The lowest BCUT2D eigenvalue weighted by molar-refractivity contribution is 0.0944. The van der Waals surface area contributed by atoms with Crippen LogP contribution in [-0.2, 0) is 0 Å². The molecule has 0 radical (unpaired) electrons. The molecule has 0 amide bonds. The summed E-state index contributed by atoms with van der Waals surface area (Å²) in [5.74, 6) is 0.315. The maximum absolute atomic E-state index is 12.0. The lowest BCUT2D eigenvalue weighted by Crippen LogP contribution is -2.32. The first-order chi connectivity index (χ1) is 8.27. The van der Waals surface area contributed by atoms with E-state index in [0.29, 0.717) is 24.3 Å². The number of carbonyl (C=O) groups excluding carboxylic acids is 1. The van der Waals surface area contributed by atoms with Crippen LogP contribution < -0.4 is 0 Å². The molecule has 0 bridgehead atoms. The number of hydrogen-bond acceptors (Lipinski definition) is 2. The molecular weight excluding hydrogens is 246 g/mol. The van der Waals surface area contributed by atoms with E-state index in [4.69, 9.17) is 0 Å². The minimum absolute atomic E-state index is 0. The fourth-order valence-electron chi connectivity index (χ4n) is 3.37. The molecule has 0 spiro atoms. The topological polar surface area (TPSA) is 20.3 Å². The van der Waals surface area contributed by atoms with Crippen LogP contribution in [0.2, 0.25) is 0 Å². The third-order valence-corrected chi connectivity index (χ3v) is 4.39. The SMILES string of the molecule is CN(C1CCCC1)C1CC(=O)c2ccccc21.Cl. The van der Waals surface area contributed by atoms with E-state index >= 15 is 0 Å². The second-order valence-corrected chi connectivity index (χ2v) is 5.33. The molecule has 0 heterocycles. The predicted molar refractivity (Wildman–Crippen MR) is 75.4 cm³/mol. The monoisotopic (exact) mass is 265 g/mol. The Morgan fingerprint density at radius 2 is 1.83 bits per heavy atom. The van der Waals surface area contributed by atoms with Gasteiger partial charge in [0.1, 0.15) is 0 Å². The van der Waals surface area contributed by atoms with E-state index in [9.17, 15) is 4.79 Å². The first kappa shape index (κ1) is 13.6. The van der Waals surface area contributed by atoms with Crippen molar-refractivity contribution >= 4 is 18.2 Å². The summed E-state index contributed by atoms with van der Waals surface area (Å²) in [4.78, 5) is 14.4. The van der Waals surface area contributed by atoms with Crippen molar-refractivity contribution in [1.29, 1.82) is 0 Å². The molecule has 2 aliphatic rings. The van der Waals surface area contributed by atoms with Gasteiger partial charge < -0.3 is 0 Å². The van der Waals surface area contributed by atoms with Crippen molar-refractivity contribution in [1.82, 2.24) is 4.90 Å². The van der Waals surface area contributed by atoms with Crippen molar-refractivity contribution in [2.45, 2.75) is 44.2 Å². The van der Waals surface area contributed by atoms with Crippen LogP contribution in [0.15, 0.2) is 24.3 Å². The zero-order chi connectivity index (χ0) is 11.8. The Labute approximate surface area is 115 Å². The van der Waals surface area contributed by atoms with Crippen LogP contribution in [0.1, 0.15) is 54.1 Å². The average molecular weight is 266 g/mol. The molecule has 1 fully saturated rings. The highest BCUT2D eigenvalue weighted by atomic mass is 35.5. The second kappa shape index (κ2) is 5.41. The molecule has 3 heteroatoms. The Hall–Kier alpha value is -0.860. The number of hydrogen-bond donors (Lipinski definition) is 0. The Morgan fingerprint density at radius 3 is 2.56 bits per heavy atom. The third kappa shape index (κ3) is 2.19. The number of Topliss-reactive ketones (excluding diaryl/α,β-unsaturated/α-hetero) is 1. The van der Waals surface area contributed by atoms with Crippen LogP contribution in [0.25, 0.3) is 0 Å². The molecule has 2 aliphatic carbocycles. The van der Waals surface area contributed by atoms with E-state index in [1.54, 1.807) is 0 Å². The summed E-state index contributed by atoms with van der Waals surface area (Å²) in [5, 5.41) is 0. The van der Waals surface area contributed by atoms with Gasteiger partial charge in [-0.25, -0.2) is 0 Å². The van der Waals surface area contributed by atoms with E-state index in [0.717, 1.165) is 5.56 Å². The van der Waals surface area contributed by atoms with Gasteiger partial charge in [0.15, 0.2) is 5.78 Å². The molecule has 0 N–H and O–H groups in total. The molecular formula is C15H20ClNO. The molecule has 98 valence electrons. The van der Waals surface area contributed by atoms with Crippen LogP contribution in [0, 0.1) is 0 Å². The minimum Gasteiger partial charge on any atom is -0.296 e. The molecule has 1 aromatic carbocycles. The average Bonchev–Trinajstić information content (AvgIpc) is 2.97. The fraction of sp³-hybridized carbons (Fsp3) is 0.533. The van der Waals surface area contributed by atoms with Crippen molar-refractivity contribution < 1.29 is 4.79 Å². The van der Waals surface area contributed by atoms with Crippen LogP contribution in [0.5, 0.6) is 0 Å². The summed E-state index contributed by atoms with van der Waals surface area (Å²) in [5.41, 5.74) is 2.19. The molecule has 2 nitrogen and oxygen atoms in total.